The van der Waals surface area contributed by atoms with Gasteiger partial charge in [-0.1, -0.05) is 48.0 Å². The van der Waals surface area contributed by atoms with Gasteiger partial charge in [0, 0.05) is 33.4 Å². The first-order valence-electron chi connectivity index (χ1n) is 10.9. The Kier molecular flexibility index (Phi) is 5.59. The minimum Gasteiger partial charge on any atom is -0.507 e. The number of nitrogens with one attached hydrogen (secondary N) is 1. The van der Waals surface area contributed by atoms with Crippen LogP contribution in [0.15, 0.2) is 84.6 Å². The quantitative estimate of drug-likeness (QED) is 0.217. The number of carbonyl (C=O) groups excluding carboxylic acids is 2. The number of aromatic amines is 1. The van der Waals surface area contributed by atoms with Gasteiger partial charge in [-0.3, -0.25) is 14.5 Å². The molecule has 0 radical (unpaired) electrons. The van der Waals surface area contributed by atoms with Gasteiger partial charge in [-0.25, -0.2) is 0 Å². The van der Waals surface area contributed by atoms with E-state index in [0.717, 1.165) is 10.9 Å². The van der Waals surface area contributed by atoms with E-state index >= 15 is 0 Å². The number of nitrogens with zero attached hydrogens (tertiary/aromatic N) is 1. The number of rotatable bonds is 5. The van der Waals surface area contributed by atoms with Gasteiger partial charge in [0.05, 0.1) is 18.2 Å². The van der Waals surface area contributed by atoms with E-state index in [1.165, 1.54) is 4.90 Å². The van der Waals surface area contributed by atoms with E-state index in [0.29, 0.717) is 34.2 Å². The van der Waals surface area contributed by atoms with E-state index in [9.17, 15) is 14.7 Å². The van der Waals surface area contributed by atoms with Crippen molar-refractivity contribution in [3.05, 3.63) is 101 Å². The Morgan fingerprint density at radius 2 is 1.82 bits per heavy atom. The molecule has 3 aromatic carbocycles. The van der Waals surface area contributed by atoms with Crippen LogP contribution in [-0.2, 0) is 9.59 Å². The maximum atomic E-state index is 13.3. The summed E-state index contributed by atoms with van der Waals surface area (Å²) in [5, 5.41) is 12.6. The summed E-state index contributed by atoms with van der Waals surface area (Å²) < 4.78 is 5.54. The van der Waals surface area contributed by atoms with Crippen molar-refractivity contribution in [2.45, 2.75) is 13.0 Å². The van der Waals surface area contributed by atoms with Crippen LogP contribution >= 0.6 is 11.6 Å². The standard InChI is InChI=1S/C27H21ClN2O4/c1-2-34-19-12-10-16(11-13-19)24-23(25(31)21-15-29-22-9-4-3-8-20(21)22)26(32)27(33)30(24)18-7-5-6-17(28)14-18/h3-15,24,29,31H,2H2,1H3/b25-23-. The van der Waals surface area contributed by atoms with Crippen molar-refractivity contribution in [3.63, 3.8) is 0 Å². The summed E-state index contributed by atoms with van der Waals surface area (Å²) in [6, 6.07) is 20.5. The van der Waals surface area contributed by atoms with Crippen LogP contribution in [0.5, 0.6) is 5.75 Å². The lowest BCUT2D eigenvalue weighted by Crippen LogP contribution is -2.29. The number of hydrogen-bond acceptors (Lipinski definition) is 4. The second-order valence-electron chi connectivity index (χ2n) is 7.90. The Morgan fingerprint density at radius 1 is 1.06 bits per heavy atom. The van der Waals surface area contributed by atoms with Gasteiger partial charge in [-0.15, -0.1) is 0 Å². The summed E-state index contributed by atoms with van der Waals surface area (Å²) in [5.74, 6) is -1.06. The first kappa shape index (κ1) is 21.8. The maximum absolute atomic E-state index is 13.3. The number of anilines is 1. The topological polar surface area (TPSA) is 82.6 Å². The van der Waals surface area contributed by atoms with Crippen LogP contribution in [0.2, 0.25) is 5.02 Å². The van der Waals surface area contributed by atoms with E-state index in [4.69, 9.17) is 16.3 Å². The van der Waals surface area contributed by atoms with Crippen LogP contribution in [0.3, 0.4) is 0 Å². The molecule has 1 fully saturated rings. The zero-order valence-electron chi connectivity index (χ0n) is 18.3. The third-order valence-corrected chi connectivity index (χ3v) is 6.12. The van der Waals surface area contributed by atoms with E-state index in [-0.39, 0.29) is 11.3 Å². The van der Waals surface area contributed by atoms with Crippen molar-refractivity contribution >= 4 is 45.6 Å². The monoisotopic (exact) mass is 472 g/mol. The first-order chi connectivity index (χ1) is 16.5. The SMILES string of the molecule is CCOc1ccc(C2/C(=C(/O)c3c[nH]c4ccccc34)C(=O)C(=O)N2c2cccc(Cl)c2)cc1. The highest BCUT2D eigenvalue weighted by Gasteiger charge is 2.47. The molecule has 1 amide bonds. The number of aromatic nitrogens is 1. The molecular weight excluding hydrogens is 452 g/mol. The number of carbonyl (C=O) groups is 2. The van der Waals surface area contributed by atoms with Gasteiger partial charge in [0.2, 0.25) is 0 Å². The van der Waals surface area contributed by atoms with E-state index in [2.05, 4.69) is 4.98 Å². The van der Waals surface area contributed by atoms with Crippen LogP contribution in [0.4, 0.5) is 5.69 Å². The van der Waals surface area contributed by atoms with Gasteiger partial charge >= 0.3 is 0 Å². The molecule has 5 rings (SSSR count). The lowest BCUT2D eigenvalue weighted by atomic mass is 9.95. The molecular formula is C27H21ClN2O4. The van der Waals surface area contributed by atoms with Gasteiger partial charge in [0.1, 0.15) is 11.5 Å². The molecule has 2 N–H and O–H groups in total. The molecule has 7 heteroatoms. The molecule has 2 heterocycles. The third-order valence-electron chi connectivity index (χ3n) is 5.88. The van der Waals surface area contributed by atoms with Crippen LogP contribution in [0.25, 0.3) is 16.7 Å². The fraction of sp³-hybridized carbons (Fsp3) is 0.111. The van der Waals surface area contributed by atoms with E-state index in [1.54, 1.807) is 54.7 Å². The summed E-state index contributed by atoms with van der Waals surface area (Å²) in [7, 11) is 0. The van der Waals surface area contributed by atoms with E-state index < -0.39 is 17.7 Å². The minimum absolute atomic E-state index is 0.0129. The molecule has 0 spiro atoms. The molecule has 6 nitrogen and oxygen atoms in total. The van der Waals surface area contributed by atoms with Crippen LogP contribution in [0.1, 0.15) is 24.1 Å². The molecule has 1 saturated heterocycles. The predicted octanol–water partition coefficient (Wildman–Crippen LogP) is 5.85. The summed E-state index contributed by atoms with van der Waals surface area (Å²) >= 11 is 6.20. The molecule has 1 unspecified atom stereocenters. The number of ether oxygens (including phenoxy) is 1. The fourth-order valence-corrected chi connectivity index (χ4v) is 4.55. The average molecular weight is 473 g/mol. The first-order valence-corrected chi connectivity index (χ1v) is 11.2. The zero-order chi connectivity index (χ0) is 23.8. The molecule has 170 valence electrons. The highest BCUT2D eigenvalue weighted by Crippen LogP contribution is 2.43. The van der Waals surface area contributed by atoms with Gasteiger partial charge in [-0.2, -0.15) is 0 Å². The number of amides is 1. The van der Waals surface area contributed by atoms with Crippen LogP contribution < -0.4 is 9.64 Å². The number of H-pyrrole nitrogens is 1. The Morgan fingerprint density at radius 3 is 2.56 bits per heavy atom. The third kappa shape index (κ3) is 3.62. The number of fused-ring (bicyclic) bond motifs is 1. The number of halogens is 1. The molecule has 1 aromatic heterocycles. The van der Waals surface area contributed by atoms with Crippen molar-refractivity contribution in [2.75, 3.05) is 11.5 Å². The van der Waals surface area contributed by atoms with Crippen LogP contribution in [-0.4, -0.2) is 28.4 Å². The summed E-state index contributed by atoms with van der Waals surface area (Å²) in [6.45, 7) is 2.41. The van der Waals surface area contributed by atoms with Gasteiger partial charge in [-0.05, 0) is 48.9 Å². The summed E-state index contributed by atoms with van der Waals surface area (Å²) in [5.41, 5.74) is 2.40. The molecule has 0 bridgehead atoms. The summed E-state index contributed by atoms with van der Waals surface area (Å²) in [4.78, 5) is 31.1. The highest BCUT2D eigenvalue weighted by molar-refractivity contribution is 6.52. The van der Waals surface area contributed by atoms with Crippen molar-refractivity contribution in [2.24, 2.45) is 0 Å². The number of aliphatic hydroxyl groups is 1. The molecule has 4 aromatic rings. The molecule has 1 aliphatic rings. The largest absolute Gasteiger partial charge is 0.507 e. The van der Waals surface area contributed by atoms with Gasteiger partial charge in [0.25, 0.3) is 11.7 Å². The minimum atomic E-state index is -0.845. The predicted molar refractivity (Wildman–Crippen MR) is 132 cm³/mol. The second-order valence-corrected chi connectivity index (χ2v) is 8.34. The lowest BCUT2D eigenvalue weighted by Gasteiger charge is -2.25. The van der Waals surface area contributed by atoms with Crippen molar-refractivity contribution < 1.29 is 19.4 Å². The van der Waals surface area contributed by atoms with E-state index in [1.807, 2.05) is 31.2 Å². The molecule has 1 atom stereocenters. The summed E-state index contributed by atoms with van der Waals surface area (Å²) in [6.07, 6.45) is 1.64. The van der Waals surface area contributed by atoms with Crippen molar-refractivity contribution in [3.8, 4) is 5.75 Å². The van der Waals surface area contributed by atoms with Crippen molar-refractivity contribution in [1.29, 1.82) is 0 Å². The Labute approximate surface area is 201 Å². The number of Topliss-reactive ketones (excluding diaryl/α,β-unsaturated/α-hetero) is 1. The number of benzene rings is 3. The average Bonchev–Trinajstić information content (AvgIpc) is 3.39. The molecule has 34 heavy (non-hydrogen) atoms. The second kappa shape index (κ2) is 8.72. The highest BCUT2D eigenvalue weighted by atomic mass is 35.5. The molecule has 1 aliphatic heterocycles. The van der Waals surface area contributed by atoms with Gasteiger partial charge in [0.15, 0.2) is 0 Å². The Balaban J connectivity index is 1.72. The molecule has 0 saturated carbocycles. The zero-order valence-corrected chi connectivity index (χ0v) is 19.0. The Bertz CT molecular complexity index is 1440. The number of hydrogen-bond donors (Lipinski definition) is 2. The Hall–Kier alpha value is -4.03. The number of ketones is 1. The van der Waals surface area contributed by atoms with Gasteiger partial charge < -0.3 is 14.8 Å². The fourth-order valence-electron chi connectivity index (χ4n) is 4.37. The number of para-hydroxylation sites is 1. The smallest absolute Gasteiger partial charge is 0.300 e. The normalized spacial score (nSPS) is 17.5. The lowest BCUT2D eigenvalue weighted by molar-refractivity contribution is -0.132. The van der Waals surface area contributed by atoms with Crippen LogP contribution in [0, 0.1) is 0 Å². The maximum Gasteiger partial charge on any atom is 0.300 e. The van der Waals surface area contributed by atoms with Crippen molar-refractivity contribution in [1.82, 2.24) is 4.98 Å². The number of aliphatic hydroxyl groups excluding tert-OH is 1. The molecule has 0 aliphatic carbocycles.